The quantitative estimate of drug-likeness (QED) is 0.207. The summed E-state index contributed by atoms with van der Waals surface area (Å²) in [5, 5.41) is 11.2. The maximum Gasteiger partial charge on any atom is 0.325 e. The zero-order valence-corrected chi connectivity index (χ0v) is 19.4. The van der Waals surface area contributed by atoms with Gasteiger partial charge < -0.3 is 10.4 Å². The predicted octanol–water partition coefficient (Wildman–Crippen LogP) is 5.23. The van der Waals surface area contributed by atoms with Crippen LogP contribution in [0.15, 0.2) is 12.2 Å². The number of unbranched alkanes of at least 4 members (excludes halogenated alkanes) is 11. The molecule has 0 aliphatic heterocycles. The fourth-order valence-corrected chi connectivity index (χ4v) is 2.73. The van der Waals surface area contributed by atoms with Gasteiger partial charge in [-0.1, -0.05) is 70.4 Å². The van der Waals surface area contributed by atoms with Crippen LogP contribution in [-0.4, -0.2) is 52.6 Å². The summed E-state index contributed by atoms with van der Waals surface area (Å²) in [5.74, 6) is -1.15. The normalized spacial score (nSPS) is 11.9. The first-order valence-electron chi connectivity index (χ1n) is 10.2. The van der Waals surface area contributed by atoms with Crippen LogP contribution in [0.3, 0.4) is 0 Å². The Morgan fingerprint density at radius 3 is 1.81 bits per heavy atom. The molecular formula is C21H39NNaO3. The minimum absolute atomic E-state index is 0. The van der Waals surface area contributed by atoms with Crippen LogP contribution in [0.2, 0.25) is 0 Å². The summed E-state index contributed by atoms with van der Waals surface area (Å²) in [6.07, 6.45) is 21.0. The Bertz CT molecular complexity index is 372. The molecule has 0 fully saturated rings. The number of carbonyl (C=O) groups is 2. The average Bonchev–Trinajstić information content (AvgIpc) is 2.58. The SMILES string of the molecule is CCCCCCCC/C=C\CCCCCCCC(=O)N[C@@H](C)C(=O)O.[Na]. The molecule has 0 saturated heterocycles. The summed E-state index contributed by atoms with van der Waals surface area (Å²) in [6, 6.07) is -0.796. The van der Waals surface area contributed by atoms with Gasteiger partial charge in [-0.3, -0.25) is 9.59 Å². The van der Waals surface area contributed by atoms with Crippen LogP contribution < -0.4 is 5.32 Å². The van der Waals surface area contributed by atoms with E-state index in [1.807, 2.05) is 0 Å². The van der Waals surface area contributed by atoms with Crippen LogP contribution in [-0.2, 0) is 9.59 Å². The summed E-state index contributed by atoms with van der Waals surface area (Å²) in [4.78, 5) is 22.1. The van der Waals surface area contributed by atoms with Crippen molar-refractivity contribution in [2.45, 2.75) is 110 Å². The summed E-state index contributed by atoms with van der Waals surface area (Å²) >= 11 is 0. The first-order chi connectivity index (χ1) is 12.1. The summed E-state index contributed by atoms with van der Waals surface area (Å²) in [6.45, 7) is 3.74. The van der Waals surface area contributed by atoms with E-state index < -0.39 is 12.0 Å². The third kappa shape index (κ3) is 20.0. The van der Waals surface area contributed by atoms with E-state index >= 15 is 0 Å². The van der Waals surface area contributed by atoms with Crippen molar-refractivity contribution in [2.24, 2.45) is 0 Å². The smallest absolute Gasteiger partial charge is 0.325 e. The third-order valence-electron chi connectivity index (χ3n) is 4.41. The number of hydrogen-bond acceptors (Lipinski definition) is 2. The van der Waals surface area contributed by atoms with Gasteiger partial charge in [0.15, 0.2) is 0 Å². The van der Waals surface area contributed by atoms with Crippen molar-refractivity contribution in [1.29, 1.82) is 0 Å². The van der Waals surface area contributed by atoms with E-state index in [1.54, 1.807) is 0 Å². The van der Waals surface area contributed by atoms with Crippen molar-refractivity contribution in [3.05, 3.63) is 12.2 Å². The number of amides is 1. The number of hydrogen-bond donors (Lipinski definition) is 2. The number of allylic oxidation sites excluding steroid dienone is 2. The Morgan fingerprint density at radius 2 is 1.31 bits per heavy atom. The largest absolute Gasteiger partial charge is 0.480 e. The van der Waals surface area contributed by atoms with Crippen LogP contribution in [0.1, 0.15) is 104 Å². The molecule has 26 heavy (non-hydrogen) atoms. The Kier molecular flexibility index (Phi) is 22.5. The van der Waals surface area contributed by atoms with E-state index in [9.17, 15) is 9.59 Å². The summed E-state index contributed by atoms with van der Waals surface area (Å²) in [7, 11) is 0. The van der Waals surface area contributed by atoms with Crippen molar-refractivity contribution >= 4 is 41.4 Å². The van der Waals surface area contributed by atoms with Gasteiger partial charge in [-0.2, -0.15) is 0 Å². The predicted molar refractivity (Wildman–Crippen MR) is 110 cm³/mol. The molecule has 0 aliphatic carbocycles. The fraction of sp³-hybridized carbons (Fsp3) is 0.810. The van der Waals surface area contributed by atoms with Crippen LogP contribution in [0, 0.1) is 0 Å². The first-order valence-corrected chi connectivity index (χ1v) is 10.2. The molecule has 2 N–H and O–H groups in total. The molecule has 1 atom stereocenters. The molecule has 0 saturated carbocycles. The van der Waals surface area contributed by atoms with Gasteiger partial charge in [-0.05, 0) is 39.0 Å². The van der Waals surface area contributed by atoms with Crippen molar-refractivity contribution in [1.82, 2.24) is 5.32 Å². The fourth-order valence-electron chi connectivity index (χ4n) is 2.73. The van der Waals surface area contributed by atoms with E-state index in [2.05, 4.69) is 24.4 Å². The molecule has 0 aromatic rings. The molecule has 0 aromatic carbocycles. The maximum absolute atomic E-state index is 11.5. The van der Waals surface area contributed by atoms with Gasteiger partial charge in [-0.25, -0.2) is 0 Å². The number of nitrogens with one attached hydrogen (secondary N) is 1. The number of aliphatic carboxylic acids is 1. The maximum atomic E-state index is 11.5. The molecule has 0 unspecified atom stereocenters. The van der Waals surface area contributed by atoms with Gasteiger partial charge in [-0.15, -0.1) is 0 Å². The molecule has 147 valence electrons. The van der Waals surface area contributed by atoms with Gasteiger partial charge in [0, 0.05) is 36.0 Å². The van der Waals surface area contributed by atoms with E-state index in [0.717, 1.165) is 25.7 Å². The zero-order chi connectivity index (χ0) is 18.8. The molecule has 0 rings (SSSR count). The van der Waals surface area contributed by atoms with Crippen molar-refractivity contribution in [3.63, 3.8) is 0 Å². The Morgan fingerprint density at radius 1 is 0.846 bits per heavy atom. The van der Waals surface area contributed by atoms with Gasteiger partial charge in [0.1, 0.15) is 6.04 Å². The van der Waals surface area contributed by atoms with Gasteiger partial charge >= 0.3 is 5.97 Å². The Hall–Kier alpha value is -0.320. The average molecular weight is 377 g/mol. The molecule has 5 heteroatoms. The van der Waals surface area contributed by atoms with Gasteiger partial charge in [0.2, 0.25) is 5.91 Å². The van der Waals surface area contributed by atoms with Crippen LogP contribution in [0.5, 0.6) is 0 Å². The van der Waals surface area contributed by atoms with E-state index in [1.165, 1.54) is 64.7 Å². The topological polar surface area (TPSA) is 66.4 Å². The molecule has 1 amide bonds. The molecule has 0 bridgehead atoms. The van der Waals surface area contributed by atoms with Crippen LogP contribution in [0.25, 0.3) is 0 Å². The van der Waals surface area contributed by atoms with Crippen molar-refractivity contribution < 1.29 is 14.7 Å². The van der Waals surface area contributed by atoms with Crippen molar-refractivity contribution in [2.75, 3.05) is 0 Å². The van der Waals surface area contributed by atoms with Crippen molar-refractivity contribution in [3.8, 4) is 0 Å². The van der Waals surface area contributed by atoms with Crippen LogP contribution >= 0.6 is 0 Å². The number of rotatable bonds is 17. The summed E-state index contributed by atoms with van der Waals surface area (Å²) in [5.41, 5.74) is 0. The number of carboxylic acid groups (broad SMARTS) is 1. The second kappa shape index (κ2) is 21.0. The van der Waals surface area contributed by atoms with Gasteiger partial charge in [0.25, 0.3) is 0 Å². The number of carbonyl (C=O) groups excluding carboxylic acids is 1. The molecular weight excluding hydrogens is 337 g/mol. The van der Waals surface area contributed by atoms with E-state index in [4.69, 9.17) is 5.11 Å². The Balaban J connectivity index is 0. The second-order valence-corrected chi connectivity index (χ2v) is 6.96. The molecule has 1 radical (unpaired) electrons. The zero-order valence-electron chi connectivity index (χ0n) is 17.4. The molecule has 0 aliphatic rings. The van der Waals surface area contributed by atoms with E-state index in [-0.39, 0.29) is 35.5 Å². The number of carboxylic acids is 1. The minimum atomic E-state index is -0.988. The monoisotopic (exact) mass is 376 g/mol. The summed E-state index contributed by atoms with van der Waals surface area (Å²) < 4.78 is 0. The molecule has 4 nitrogen and oxygen atoms in total. The standard InChI is InChI=1S/C21H39NO3.Na/c1-3-4-5-6-7-8-9-10-11-12-13-14-15-16-17-18-20(23)22-19(2)21(24)25;/h10-11,19H,3-9,12-18H2,1-2H3,(H,22,23)(H,24,25);/b11-10-;/t19-;/m0./s1. The first kappa shape index (κ1) is 27.9. The molecule has 0 spiro atoms. The third-order valence-corrected chi connectivity index (χ3v) is 4.41. The van der Waals surface area contributed by atoms with Crippen LogP contribution in [0.4, 0.5) is 0 Å². The Labute approximate surface area is 182 Å². The molecule has 0 aromatic heterocycles. The van der Waals surface area contributed by atoms with Gasteiger partial charge in [0.05, 0.1) is 0 Å². The second-order valence-electron chi connectivity index (χ2n) is 6.96. The van der Waals surface area contributed by atoms with E-state index in [0.29, 0.717) is 6.42 Å². The minimum Gasteiger partial charge on any atom is -0.480 e. The molecule has 0 heterocycles.